The minimum Gasteiger partial charge on any atom is -0.397 e. The van der Waals surface area contributed by atoms with E-state index in [9.17, 15) is 4.79 Å². The zero-order chi connectivity index (χ0) is 12.4. The van der Waals surface area contributed by atoms with E-state index >= 15 is 0 Å². The standard InChI is InChI=1S/C12H18N2O2S/c1-8(15)12-10(13)6-11(17-12)14-5-3-4-9(7-14)16-2/h6,9H,3-5,7,13H2,1-2H3. The second-order valence-electron chi connectivity index (χ2n) is 4.37. The summed E-state index contributed by atoms with van der Waals surface area (Å²) in [5, 5.41) is 1.08. The highest BCUT2D eigenvalue weighted by Gasteiger charge is 2.22. The highest BCUT2D eigenvalue weighted by Crippen LogP contribution is 2.34. The molecule has 17 heavy (non-hydrogen) atoms. The van der Waals surface area contributed by atoms with E-state index in [1.807, 2.05) is 6.07 Å². The first kappa shape index (κ1) is 12.4. The van der Waals surface area contributed by atoms with Crippen LogP contribution in [0.4, 0.5) is 10.7 Å². The molecule has 1 aliphatic heterocycles. The van der Waals surface area contributed by atoms with Crippen LogP contribution < -0.4 is 10.6 Å². The molecule has 0 spiro atoms. The van der Waals surface area contributed by atoms with E-state index in [1.165, 1.54) is 11.3 Å². The van der Waals surface area contributed by atoms with Crippen LogP contribution in [-0.4, -0.2) is 32.1 Å². The Bertz CT molecular complexity index is 417. The molecule has 4 nitrogen and oxygen atoms in total. The molecule has 0 radical (unpaired) electrons. The second-order valence-corrected chi connectivity index (χ2v) is 5.40. The molecule has 5 heteroatoms. The summed E-state index contributed by atoms with van der Waals surface area (Å²) in [6.07, 6.45) is 2.51. The highest BCUT2D eigenvalue weighted by molar-refractivity contribution is 7.18. The number of carbonyl (C=O) groups excluding carboxylic acids is 1. The Morgan fingerprint density at radius 3 is 3.00 bits per heavy atom. The number of Topliss-reactive ketones (excluding diaryl/α,β-unsaturated/α-hetero) is 1. The van der Waals surface area contributed by atoms with Crippen molar-refractivity contribution in [2.45, 2.75) is 25.9 Å². The van der Waals surface area contributed by atoms with Gasteiger partial charge in [0.25, 0.3) is 0 Å². The molecule has 1 atom stereocenters. The summed E-state index contributed by atoms with van der Waals surface area (Å²) in [6.45, 7) is 3.45. The predicted octanol–water partition coefficient (Wildman–Crippen LogP) is 2.15. The van der Waals surface area contributed by atoms with E-state index in [2.05, 4.69) is 4.90 Å². The monoisotopic (exact) mass is 254 g/mol. The lowest BCUT2D eigenvalue weighted by molar-refractivity contribution is 0.0895. The number of nitrogens with two attached hydrogens (primary N) is 1. The Kier molecular flexibility index (Phi) is 3.69. The van der Waals surface area contributed by atoms with E-state index in [4.69, 9.17) is 10.5 Å². The number of anilines is 2. The molecule has 0 saturated carbocycles. The quantitative estimate of drug-likeness (QED) is 0.840. The number of methoxy groups -OCH3 is 1. The molecule has 1 aliphatic rings. The van der Waals surface area contributed by atoms with E-state index in [0.717, 1.165) is 30.9 Å². The number of ether oxygens (including phenoxy) is 1. The number of nitrogens with zero attached hydrogens (tertiary/aromatic N) is 1. The Balaban J connectivity index is 2.16. The van der Waals surface area contributed by atoms with Gasteiger partial charge in [-0.3, -0.25) is 4.79 Å². The van der Waals surface area contributed by atoms with Crippen molar-refractivity contribution in [3.8, 4) is 0 Å². The first-order chi connectivity index (χ1) is 8.11. The lowest BCUT2D eigenvalue weighted by Crippen LogP contribution is -2.38. The smallest absolute Gasteiger partial charge is 0.171 e. The molecule has 1 fully saturated rings. The van der Waals surface area contributed by atoms with Gasteiger partial charge in [-0.1, -0.05) is 0 Å². The van der Waals surface area contributed by atoms with Crippen LogP contribution in [-0.2, 0) is 4.74 Å². The summed E-state index contributed by atoms with van der Waals surface area (Å²) in [5.74, 6) is 0.0408. The summed E-state index contributed by atoms with van der Waals surface area (Å²) in [7, 11) is 1.75. The third-order valence-corrected chi connectivity index (χ3v) is 4.40. The van der Waals surface area contributed by atoms with Crippen LogP contribution in [0.2, 0.25) is 0 Å². The van der Waals surface area contributed by atoms with Gasteiger partial charge in [-0.2, -0.15) is 0 Å². The molecule has 1 aromatic rings. The van der Waals surface area contributed by atoms with Crippen molar-refractivity contribution < 1.29 is 9.53 Å². The van der Waals surface area contributed by atoms with Gasteiger partial charge < -0.3 is 15.4 Å². The van der Waals surface area contributed by atoms with E-state index < -0.39 is 0 Å². The van der Waals surface area contributed by atoms with E-state index in [1.54, 1.807) is 14.0 Å². The average Bonchev–Trinajstić information content (AvgIpc) is 2.71. The Morgan fingerprint density at radius 2 is 2.41 bits per heavy atom. The summed E-state index contributed by atoms with van der Waals surface area (Å²) in [5.41, 5.74) is 6.44. The van der Waals surface area contributed by atoms with Crippen LogP contribution in [0, 0.1) is 0 Å². The maximum atomic E-state index is 11.4. The summed E-state index contributed by atoms with van der Waals surface area (Å²) in [6, 6.07) is 1.90. The number of rotatable bonds is 3. The molecule has 2 heterocycles. The molecular formula is C12H18N2O2S. The van der Waals surface area contributed by atoms with Crippen molar-refractivity contribution in [3.05, 3.63) is 10.9 Å². The fraction of sp³-hybridized carbons (Fsp3) is 0.583. The number of piperidine rings is 1. The van der Waals surface area contributed by atoms with Crippen LogP contribution in [0.25, 0.3) is 0 Å². The molecule has 94 valence electrons. The van der Waals surface area contributed by atoms with Crippen LogP contribution >= 0.6 is 11.3 Å². The van der Waals surface area contributed by atoms with Crippen LogP contribution in [0.1, 0.15) is 29.4 Å². The predicted molar refractivity (Wildman–Crippen MR) is 71.0 cm³/mol. The van der Waals surface area contributed by atoms with Gasteiger partial charge in [0.15, 0.2) is 5.78 Å². The zero-order valence-electron chi connectivity index (χ0n) is 10.2. The summed E-state index contributed by atoms with van der Waals surface area (Å²) < 4.78 is 5.39. The third kappa shape index (κ3) is 2.61. The fourth-order valence-corrected chi connectivity index (χ4v) is 3.16. The van der Waals surface area contributed by atoms with Gasteiger partial charge >= 0.3 is 0 Å². The van der Waals surface area contributed by atoms with Crippen molar-refractivity contribution in [2.75, 3.05) is 30.8 Å². The number of carbonyl (C=O) groups is 1. The van der Waals surface area contributed by atoms with Crippen LogP contribution in [0.15, 0.2) is 6.07 Å². The summed E-state index contributed by atoms with van der Waals surface area (Å²) in [4.78, 5) is 14.3. The first-order valence-electron chi connectivity index (χ1n) is 5.79. The van der Waals surface area contributed by atoms with Gasteiger partial charge in [0.05, 0.1) is 21.7 Å². The molecular weight excluding hydrogens is 236 g/mol. The third-order valence-electron chi connectivity index (χ3n) is 3.09. The molecule has 0 bridgehead atoms. The minimum atomic E-state index is 0.0408. The number of hydrogen-bond donors (Lipinski definition) is 1. The molecule has 1 saturated heterocycles. The first-order valence-corrected chi connectivity index (χ1v) is 6.61. The SMILES string of the molecule is COC1CCCN(c2cc(N)c(C(C)=O)s2)C1. The maximum Gasteiger partial charge on any atom is 0.171 e. The lowest BCUT2D eigenvalue weighted by atomic mass is 10.1. The number of nitrogen functional groups attached to an aromatic ring is 1. The number of ketones is 1. The van der Waals surface area contributed by atoms with Crippen molar-refractivity contribution >= 4 is 27.8 Å². The Hall–Kier alpha value is -1.07. The van der Waals surface area contributed by atoms with Crippen molar-refractivity contribution in [1.29, 1.82) is 0 Å². The second kappa shape index (κ2) is 5.06. The van der Waals surface area contributed by atoms with Gasteiger partial charge in [0.2, 0.25) is 0 Å². The molecule has 1 unspecified atom stereocenters. The van der Waals surface area contributed by atoms with Gasteiger partial charge in [0.1, 0.15) is 0 Å². The maximum absolute atomic E-state index is 11.4. The molecule has 1 aromatic heterocycles. The molecule has 2 rings (SSSR count). The fourth-order valence-electron chi connectivity index (χ4n) is 2.15. The van der Waals surface area contributed by atoms with Crippen LogP contribution in [0.3, 0.4) is 0 Å². The molecule has 2 N–H and O–H groups in total. The normalized spacial score (nSPS) is 20.6. The highest BCUT2D eigenvalue weighted by atomic mass is 32.1. The van der Waals surface area contributed by atoms with Gasteiger partial charge in [-0.25, -0.2) is 0 Å². The van der Waals surface area contributed by atoms with Gasteiger partial charge in [-0.05, 0) is 18.9 Å². The minimum absolute atomic E-state index is 0.0408. The van der Waals surface area contributed by atoms with Gasteiger partial charge in [-0.15, -0.1) is 11.3 Å². The van der Waals surface area contributed by atoms with Gasteiger partial charge in [0, 0.05) is 27.1 Å². The molecule has 0 aliphatic carbocycles. The van der Waals surface area contributed by atoms with Crippen molar-refractivity contribution in [3.63, 3.8) is 0 Å². The van der Waals surface area contributed by atoms with Crippen molar-refractivity contribution in [1.82, 2.24) is 0 Å². The average molecular weight is 254 g/mol. The van der Waals surface area contributed by atoms with Crippen molar-refractivity contribution in [2.24, 2.45) is 0 Å². The zero-order valence-corrected chi connectivity index (χ0v) is 11.0. The largest absolute Gasteiger partial charge is 0.397 e. The van der Waals surface area contributed by atoms with E-state index in [0.29, 0.717) is 10.6 Å². The van der Waals surface area contributed by atoms with Crippen LogP contribution in [0.5, 0.6) is 0 Å². The van der Waals surface area contributed by atoms with E-state index in [-0.39, 0.29) is 11.9 Å². The Labute approximate surface area is 105 Å². The molecule has 0 amide bonds. The number of thiophene rings is 1. The Morgan fingerprint density at radius 1 is 1.65 bits per heavy atom. The number of hydrogen-bond acceptors (Lipinski definition) is 5. The summed E-state index contributed by atoms with van der Waals surface area (Å²) >= 11 is 1.48. The lowest BCUT2D eigenvalue weighted by Gasteiger charge is -2.32. The molecule has 0 aromatic carbocycles. The topological polar surface area (TPSA) is 55.6 Å².